The van der Waals surface area contributed by atoms with Gasteiger partial charge in [0.1, 0.15) is 0 Å². The Hall–Kier alpha value is -2.14. The van der Waals surface area contributed by atoms with Crippen LogP contribution in [0.15, 0.2) is 30.3 Å². The number of rotatable bonds is 5. The molecule has 0 aromatic heterocycles. The average Bonchev–Trinajstić information content (AvgIpc) is 2.38. The SMILES string of the molecule is COC(=O)C(OC)c1ccc(/C=C/C(=O)O)cc1. The third kappa shape index (κ3) is 3.71. The van der Waals surface area contributed by atoms with E-state index in [1.54, 1.807) is 24.3 Å². The van der Waals surface area contributed by atoms with Crippen molar-refractivity contribution >= 4 is 18.0 Å². The number of ether oxygens (including phenoxy) is 2. The predicted molar refractivity (Wildman–Crippen MR) is 64.9 cm³/mol. The maximum Gasteiger partial charge on any atom is 0.339 e. The number of aliphatic carboxylic acids is 1. The molecule has 0 radical (unpaired) electrons. The lowest BCUT2D eigenvalue weighted by atomic mass is 10.1. The van der Waals surface area contributed by atoms with Crippen LogP contribution < -0.4 is 0 Å². The average molecular weight is 250 g/mol. The number of hydrogen-bond acceptors (Lipinski definition) is 4. The van der Waals surface area contributed by atoms with Crippen LogP contribution in [0.25, 0.3) is 6.08 Å². The third-order valence-corrected chi connectivity index (χ3v) is 2.31. The van der Waals surface area contributed by atoms with Crippen LogP contribution in [0.2, 0.25) is 0 Å². The fourth-order valence-corrected chi connectivity index (χ4v) is 1.42. The topological polar surface area (TPSA) is 72.8 Å². The van der Waals surface area contributed by atoms with Gasteiger partial charge < -0.3 is 14.6 Å². The molecule has 0 spiro atoms. The summed E-state index contributed by atoms with van der Waals surface area (Å²) in [6.07, 6.45) is 1.74. The zero-order chi connectivity index (χ0) is 13.5. The van der Waals surface area contributed by atoms with E-state index in [0.29, 0.717) is 5.56 Å². The monoisotopic (exact) mass is 250 g/mol. The minimum Gasteiger partial charge on any atom is -0.478 e. The minimum atomic E-state index is -1.01. The molecule has 5 nitrogen and oxygen atoms in total. The molecule has 1 atom stereocenters. The summed E-state index contributed by atoms with van der Waals surface area (Å²) in [5, 5.41) is 8.49. The van der Waals surface area contributed by atoms with Crippen LogP contribution in [0.3, 0.4) is 0 Å². The molecular weight excluding hydrogens is 236 g/mol. The molecule has 0 amide bonds. The molecule has 0 fully saturated rings. The molecule has 5 heteroatoms. The van der Waals surface area contributed by atoms with E-state index in [1.807, 2.05) is 0 Å². The van der Waals surface area contributed by atoms with Gasteiger partial charge in [0.2, 0.25) is 0 Å². The Morgan fingerprint density at radius 2 is 1.83 bits per heavy atom. The lowest BCUT2D eigenvalue weighted by Crippen LogP contribution is -2.15. The summed E-state index contributed by atoms with van der Waals surface area (Å²) < 4.78 is 9.65. The molecular formula is C13H14O5. The molecule has 18 heavy (non-hydrogen) atoms. The van der Waals surface area contributed by atoms with Crippen LogP contribution in [0, 0.1) is 0 Å². The molecule has 0 saturated carbocycles. The van der Waals surface area contributed by atoms with Gasteiger partial charge in [-0.05, 0) is 17.2 Å². The Balaban J connectivity index is 2.87. The van der Waals surface area contributed by atoms with Crippen LogP contribution in [-0.2, 0) is 19.1 Å². The van der Waals surface area contributed by atoms with E-state index in [-0.39, 0.29) is 0 Å². The molecule has 1 aromatic carbocycles. The zero-order valence-electron chi connectivity index (χ0n) is 10.1. The molecule has 1 aromatic rings. The van der Waals surface area contributed by atoms with Gasteiger partial charge in [-0.1, -0.05) is 24.3 Å². The number of methoxy groups -OCH3 is 2. The number of hydrogen-bond donors (Lipinski definition) is 1. The van der Waals surface area contributed by atoms with Crippen LogP contribution in [0.5, 0.6) is 0 Å². The van der Waals surface area contributed by atoms with Crippen molar-refractivity contribution in [3.05, 3.63) is 41.5 Å². The van der Waals surface area contributed by atoms with Crippen LogP contribution >= 0.6 is 0 Å². The predicted octanol–water partition coefficient (Wildman–Crippen LogP) is 1.64. The standard InChI is InChI=1S/C13H14O5/c1-17-12(13(16)18-2)10-6-3-9(4-7-10)5-8-11(14)15/h3-8,12H,1-2H3,(H,14,15)/b8-5+. The van der Waals surface area contributed by atoms with Crippen molar-refractivity contribution in [3.8, 4) is 0 Å². The highest BCUT2D eigenvalue weighted by atomic mass is 16.6. The molecule has 0 bridgehead atoms. The molecule has 1 N–H and O–H groups in total. The summed E-state index contributed by atoms with van der Waals surface area (Å²) in [5.74, 6) is -1.49. The number of carbonyl (C=O) groups excluding carboxylic acids is 1. The summed E-state index contributed by atoms with van der Waals surface area (Å²) >= 11 is 0. The van der Waals surface area contributed by atoms with Gasteiger partial charge >= 0.3 is 11.9 Å². The Bertz CT molecular complexity index is 447. The molecule has 96 valence electrons. The van der Waals surface area contributed by atoms with Gasteiger partial charge in [-0.2, -0.15) is 0 Å². The second-order valence-electron chi connectivity index (χ2n) is 3.48. The summed E-state index contributed by atoms with van der Waals surface area (Å²) in [5.41, 5.74) is 1.37. The van der Waals surface area contributed by atoms with E-state index in [9.17, 15) is 9.59 Å². The molecule has 0 aliphatic rings. The Morgan fingerprint density at radius 1 is 1.22 bits per heavy atom. The number of carboxylic acids is 1. The molecule has 0 aliphatic heterocycles. The minimum absolute atomic E-state index is 0.480. The third-order valence-electron chi connectivity index (χ3n) is 2.31. The normalized spacial score (nSPS) is 12.3. The fraction of sp³-hybridized carbons (Fsp3) is 0.231. The smallest absolute Gasteiger partial charge is 0.339 e. The first kappa shape index (κ1) is 13.9. The lowest BCUT2D eigenvalue weighted by molar-refractivity contribution is -0.152. The summed E-state index contributed by atoms with van der Waals surface area (Å²) in [6, 6.07) is 6.77. The van der Waals surface area contributed by atoms with E-state index in [2.05, 4.69) is 4.74 Å². The highest BCUT2D eigenvalue weighted by Gasteiger charge is 2.20. The molecule has 0 saturated heterocycles. The molecule has 0 aliphatic carbocycles. The van der Waals surface area contributed by atoms with Gasteiger partial charge in [0.25, 0.3) is 0 Å². The maximum atomic E-state index is 11.4. The van der Waals surface area contributed by atoms with Crippen molar-refractivity contribution in [2.24, 2.45) is 0 Å². The maximum absolute atomic E-state index is 11.4. The Labute approximate surface area is 105 Å². The zero-order valence-corrected chi connectivity index (χ0v) is 10.1. The van der Waals surface area contributed by atoms with Crippen molar-refractivity contribution in [2.75, 3.05) is 14.2 Å². The van der Waals surface area contributed by atoms with E-state index in [0.717, 1.165) is 11.6 Å². The van der Waals surface area contributed by atoms with Crippen LogP contribution in [-0.4, -0.2) is 31.3 Å². The van der Waals surface area contributed by atoms with E-state index in [1.165, 1.54) is 20.3 Å². The fourth-order valence-electron chi connectivity index (χ4n) is 1.42. The van der Waals surface area contributed by atoms with Crippen LogP contribution in [0.1, 0.15) is 17.2 Å². The van der Waals surface area contributed by atoms with Crippen LogP contribution in [0.4, 0.5) is 0 Å². The summed E-state index contributed by atoms with van der Waals surface area (Å²) in [6.45, 7) is 0. The first-order valence-electron chi connectivity index (χ1n) is 5.20. The molecule has 0 heterocycles. The second kappa shape index (κ2) is 6.56. The van der Waals surface area contributed by atoms with Gasteiger partial charge in [0.05, 0.1) is 7.11 Å². The second-order valence-corrected chi connectivity index (χ2v) is 3.48. The van der Waals surface area contributed by atoms with Crippen molar-refractivity contribution in [1.82, 2.24) is 0 Å². The Kier molecular flexibility index (Phi) is 5.07. The van der Waals surface area contributed by atoms with Gasteiger partial charge in [-0.15, -0.1) is 0 Å². The quantitative estimate of drug-likeness (QED) is 0.635. The van der Waals surface area contributed by atoms with Crippen molar-refractivity contribution < 1.29 is 24.2 Å². The van der Waals surface area contributed by atoms with Gasteiger partial charge in [-0.25, -0.2) is 9.59 Å². The molecule has 1 unspecified atom stereocenters. The molecule has 1 rings (SSSR count). The van der Waals surface area contributed by atoms with Gasteiger partial charge in [0, 0.05) is 13.2 Å². The van der Waals surface area contributed by atoms with Gasteiger partial charge in [0.15, 0.2) is 6.10 Å². The van der Waals surface area contributed by atoms with Gasteiger partial charge in [-0.3, -0.25) is 0 Å². The van der Waals surface area contributed by atoms with E-state index in [4.69, 9.17) is 9.84 Å². The van der Waals surface area contributed by atoms with Crippen molar-refractivity contribution in [1.29, 1.82) is 0 Å². The number of benzene rings is 1. The summed E-state index contributed by atoms with van der Waals surface area (Å²) in [4.78, 5) is 21.8. The Morgan fingerprint density at radius 3 is 2.28 bits per heavy atom. The summed E-state index contributed by atoms with van der Waals surface area (Å²) in [7, 11) is 2.71. The van der Waals surface area contributed by atoms with E-state index >= 15 is 0 Å². The lowest BCUT2D eigenvalue weighted by Gasteiger charge is -2.13. The highest BCUT2D eigenvalue weighted by Crippen LogP contribution is 2.19. The van der Waals surface area contributed by atoms with E-state index < -0.39 is 18.0 Å². The number of carbonyl (C=O) groups is 2. The number of carboxylic acid groups (broad SMARTS) is 1. The van der Waals surface area contributed by atoms with Crippen molar-refractivity contribution in [2.45, 2.75) is 6.10 Å². The largest absolute Gasteiger partial charge is 0.478 e. The highest BCUT2D eigenvalue weighted by molar-refractivity contribution is 5.85. The first-order chi connectivity index (χ1) is 8.58. The van der Waals surface area contributed by atoms with Crippen molar-refractivity contribution in [3.63, 3.8) is 0 Å². The number of esters is 1. The first-order valence-corrected chi connectivity index (χ1v) is 5.20.